The van der Waals surface area contributed by atoms with Crippen molar-refractivity contribution in [3.8, 4) is 0 Å². The third kappa shape index (κ3) is 6.32. The van der Waals surface area contributed by atoms with E-state index in [-0.39, 0.29) is 5.54 Å². The molecule has 2 atom stereocenters. The summed E-state index contributed by atoms with van der Waals surface area (Å²) in [4.78, 5) is 0. The van der Waals surface area contributed by atoms with Crippen LogP contribution in [-0.2, 0) is 0 Å². The molecule has 2 unspecified atom stereocenters. The Morgan fingerprint density at radius 2 is 2.00 bits per heavy atom. The van der Waals surface area contributed by atoms with Gasteiger partial charge in [0.05, 0.1) is 0 Å². The zero-order valence-electron chi connectivity index (χ0n) is 8.06. The molecule has 0 bridgehead atoms. The Morgan fingerprint density at radius 3 is 2.36 bits per heavy atom. The summed E-state index contributed by atoms with van der Waals surface area (Å²) in [5, 5.41) is 0. The second kappa shape index (κ2) is 4.73. The fourth-order valence-corrected chi connectivity index (χ4v) is 1.00. The highest BCUT2D eigenvalue weighted by molar-refractivity contribution is 4.76. The van der Waals surface area contributed by atoms with E-state index in [4.69, 9.17) is 11.5 Å². The first kappa shape index (κ1) is 10.9. The van der Waals surface area contributed by atoms with Crippen LogP contribution in [0.2, 0.25) is 0 Å². The lowest BCUT2D eigenvalue weighted by molar-refractivity contribution is 0.393. The molecule has 0 radical (unpaired) electrons. The molecule has 0 rings (SSSR count). The van der Waals surface area contributed by atoms with Gasteiger partial charge in [-0.1, -0.05) is 13.3 Å². The fourth-order valence-electron chi connectivity index (χ4n) is 1.00. The van der Waals surface area contributed by atoms with E-state index in [1.165, 1.54) is 0 Å². The van der Waals surface area contributed by atoms with Gasteiger partial charge in [-0.25, -0.2) is 0 Å². The summed E-state index contributed by atoms with van der Waals surface area (Å²) in [6.07, 6.45) is 4.38. The van der Waals surface area contributed by atoms with E-state index in [9.17, 15) is 0 Å². The smallest absolute Gasteiger partial charge is 0.0123 e. The molecule has 0 fully saturated rings. The standard InChI is InChI=1S/C9H22N2/c1-4-9(3,11)7-5-6-8(2)10/h8H,4-7,10-11H2,1-3H3. The molecule has 68 valence electrons. The summed E-state index contributed by atoms with van der Waals surface area (Å²) in [5.41, 5.74) is 11.6. The van der Waals surface area contributed by atoms with Crippen LogP contribution in [0.3, 0.4) is 0 Å². The van der Waals surface area contributed by atoms with E-state index in [0.717, 1.165) is 25.7 Å². The maximum atomic E-state index is 5.96. The minimum absolute atomic E-state index is 0.0227. The van der Waals surface area contributed by atoms with Gasteiger partial charge in [0.15, 0.2) is 0 Å². The number of hydrogen-bond acceptors (Lipinski definition) is 2. The van der Waals surface area contributed by atoms with Gasteiger partial charge in [-0.05, 0) is 33.1 Å². The lowest BCUT2D eigenvalue weighted by Crippen LogP contribution is -2.35. The number of hydrogen-bond donors (Lipinski definition) is 2. The minimum Gasteiger partial charge on any atom is -0.328 e. The van der Waals surface area contributed by atoms with Gasteiger partial charge in [0.2, 0.25) is 0 Å². The second-order valence-electron chi connectivity index (χ2n) is 3.88. The zero-order chi connectivity index (χ0) is 8.91. The molecule has 0 aromatic heterocycles. The molecule has 2 heteroatoms. The normalized spacial score (nSPS) is 19.4. The highest BCUT2D eigenvalue weighted by atomic mass is 14.7. The van der Waals surface area contributed by atoms with Gasteiger partial charge < -0.3 is 11.5 Å². The lowest BCUT2D eigenvalue weighted by atomic mass is 9.92. The summed E-state index contributed by atoms with van der Waals surface area (Å²) in [6.45, 7) is 6.28. The van der Waals surface area contributed by atoms with Crippen molar-refractivity contribution in [2.24, 2.45) is 11.5 Å². The molecule has 0 aliphatic heterocycles. The van der Waals surface area contributed by atoms with Gasteiger partial charge in [-0.3, -0.25) is 0 Å². The predicted molar refractivity (Wildman–Crippen MR) is 50.4 cm³/mol. The molecule has 4 N–H and O–H groups in total. The summed E-state index contributed by atoms with van der Waals surface area (Å²) in [5.74, 6) is 0. The first-order chi connectivity index (χ1) is 4.98. The molecule has 0 heterocycles. The van der Waals surface area contributed by atoms with E-state index in [2.05, 4.69) is 13.8 Å². The number of nitrogens with two attached hydrogens (primary N) is 2. The third-order valence-electron chi connectivity index (χ3n) is 2.22. The predicted octanol–water partition coefficient (Wildman–Crippen LogP) is 1.63. The monoisotopic (exact) mass is 158 g/mol. The summed E-state index contributed by atoms with van der Waals surface area (Å²) < 4.78 is 0. The van der Waals surface area contributed by atoms with Gasteiger partial charge >= 0.3 is 0 Å². The van der Waals surface area contributed by atoms with Gasteiger partial charge in [-0.15, -0.1) is 0 Å². The van der Waals surface area contributed by atoms with Crippen molar-refractivity contribution in [1.29, 1.82) is 0 Å². The molecule has 0 aromatic rings. The van der Waals surface area contributed by atoms with Gasteiger partial charge in [-0.2, -0.15) is 0 Å². The number of rotatable bonds is 5. The SMILES string of the molecule is CCC(C)(N)CCCC(C)N. The van der Waals surface area contributed by atoms with Crippen LogP contribution in [0, 0.1) is 0 Å². The summed E-state index contributed by atoms with van der Waals surface area (Å²) in [7, 11) is 0. The first-order valence-corrected chi connectivity index (χ1v) is 4.52. The molecular weight excluding hydrogens is 136 g/mol. The Morgan fingerprint density at radius 1 is 1.45 bits per heavy atom. The van der Waals surface area contributed by atoms with E-state index in [1.807, 2.05) is 6.92 Å². The Bertz CT molecular complexity index is 97.7. The van der Waals surface area contributed by atoms with Crippen LogP contribution in [0.5, 0.6) is 0 Å². The Hall–Kier alpha value is -0.0800. The minimum atomic E-state index is 0.0227. The highest BCUT2D eigenvalue weighted by Crippen LogP contribution is 2.14. The molecule has 0 aromatic carbocycles. The zero-order valence-corrected chi connectivity index (χ0v) is 8.06. The third-order valence-corrected chi connectivity index (χ3v) is 2.22. The van der Waals surface area contributed by atoms with Crippen molar-refractivity contribution in [3.63, 3.8) is 0 Å². The molecule has 11 heavy (non-hydrogen) atoms. The van der Waals surface area contributed by atoms with Crippen LogP contribution < -0.4 is 11.5 Å². The van der Waals surface area contributed by atoms with Gasteiger partial charge in [0, 0.05) is 11.6 Å². The van der Waals surface area contributed by atoms with E-state index >= 15 is 0 Å². The van der Waals surface area contributed by atoms with Crippen molar-refractivity contribution < 1.29 is 0 Å². The largest absolute Gasteiger partial charge is 0.328 e. The molecule has 0 aliphatic rings. The Labute approximate surface area is 70.3 Å². The average molecular weight is 158 g/mol. The van der Waals surface area contributed by atoms with Crippen molar-refractivity contribution in [2.45, 2.75) is 58.0 Å². The van der Waals surface area contributed by atoms with E-state index in [0.29, 0.717) is 6.04 Å². The van der Waals surface area contributed by atoms with Gasteiger partial charge in [0.25, 0.3) is 0 Å². The maximum absolute atomic E-state index is 5.96. The lowest BCUT2D eigenvalue weighted by Gasteiger charge is -2.22. The molecule has 0 amide bonds. The molecular formula is C9H22N2. The Balaban J connectivity index is 3.38. The van der Waals surface area contributed by atoms with Crippen molar-refractivity contribution >= 4 is 0 Å². The molecule has 0 aliphatic carbocycles. The van der Waals surface area contributed by atoms with Crippen molar-refractivity contribution in [2.75, 3.05) is 0 Å². The molecule has 2 nitrogen and oxygen atoms in total. The van der Waals surface area contributed by atoms with Crippen molar-refractivity contribution in [3.05, 3.63) is 0 Å². The summed E-state index contributed by atoms with van der Waals surface area (Å²) >= 11 is 0. The van der Waals surface area contributed by atoms with E-state index in [1.54, 1.807) is 0 Å². The van der Waals surface area contributed by atoms with Crippen molar-refractivity contribution in [1.82, 2.24) is 0 Å². The van der Waals surface area contributed by atoms with Crippen LogP contribution in [0.4, 0.5) is 0 Å². The van der Waals surface area contributed by atoms with Crippen LogP contribution >= 0.6 is 0 Å². The molecule has 0 saturated heterocycles. The fraction of sp³-hybridized carbons (Fsp3) is 1.00. The van der Waals surface area contributed by atoms with Crippen LogP contribution in [-0.4, -0.2) is 11.6 Å². The topological polar surface area (TPSA) is 52.0 Å². The first-order valence-electron chi connectivity index (χ1n) is 4.52. The second-order valence-corrected chi connectivity index (χ2v) is 3.88. The Kier molecular flexibility index (Phi) is 4.69. The summed E-state index contributed by atoms with van der Waals surface area (Å²) in [6, 6.07) is 0.322. The average Bonchev–Trinajstić information content (AvgIpc) is 1.87. The molecule has 0 spiro atoms. The van der Waals surface area contributed by atoms with Crippen LogP contribution in [0.1, 0.15) is 46.5 Å². The van der Waals surface area contributed by atoms with Crippen LogP contribution in [0.25, 0.3) is 0 Å². The van der Waals surface area contributed by atoms with Crippen LogP contribution in [0.15, 0.2) is 0 Å². The van der Waals surface area contributed by atoms with E-state index < -0.39 is 0 Å². The molecule has 0 saturated carbocycles. The highest BCUT2D eigenvalue weighted by Gasteiger charge is 2.14. The quantitative estimate of drug-likeness (QED) is 0.639. The maximum Gasteiger partial charge on any atom is 0.0123 e. The van der Waals surface area contributed by atoms with Gasteiger partial charge in [0.1, 0.15) is 0 Å².